The first-order valence-corrected chi connectivity index (χ1v) is 4.99. The molecule has 1 aromatic rings. The van der Waals surface area contributed by atoms with Crippen molar-refractivity contribution in [3.63, 3.8) is 0 Å². The lowest BCUT2D eigenvalue weighted by Crippen LogP contribution is -2.19. The van der Waals surface area contributed by atoms with Gasteiger partial charge in [0.15, 0.2) is 0 Å². The molecule has 0 aliphatic heterocycles. The molecule has 1 rings (SSSR count). The summed E-state index contributed by atoms with van der Waals surface area (Å²) in [5, 5.41) is 20.9. The summed E-state index contributed by atoms with van der Waals surface area (Å²) in [6, 6.07) is 1.81. The van der Waals surface area contributed by atoms with Crippen molar-refractivity contribution in [1.29, 1.82) is 0 Å². The molecular weight excluding hydrogens is 204 g/mol. The van der Waals surface area contributed by atoms with Crippen LogP contribution in [0.4, 0.5) is 0 Å². The maximum absolute atomic E-state index is 10.7. The van der Waals surface area contributed by atoms with Crippen LogP contribution in [0.2, 0.25) is 0 Å². The Morgan fingerprint density at radius 3 is 2.57 bits per heavy atom. The van der Waals surface area contributed by atoms with Crippen molar-refractivity contribution >= 4 is 23.3 Å². The lowest BCUT2D eigenvalue weighted by atomic mass is 9.98. The summed E-state index contributed by atoms with van der Waals surface area (Å²) in [6.45, 7) is 0. The fourth-order valence-corrected chi connectivity index (χ4v) is 1.83. The zero-order chi connectivity index (χ0) is 10.6. The van der Waals surface area contributed by atoms with E-state index >= 15 is 0 Å². The fourth-order valence-electron chi connectivity index (χ4n) is 1.15. The van der Waals surface area contributed by atoms with Crippen molar-refractivity contribution < 1.29 is 19.8 Å². The Bertz CT molecular complexity index is 318. The van der Waals surface area contributed by atoms with E-state index in [9.17, 15) is 9.59 Å². The molecule has 0 saturated carbocycles. The van der Waals surface area contributed by atoms with Gasteiger partial charge in [0.05, 0.1) is 12.3 Å². The first-order chi connectivity index (χ1) is 6.59. The van der Waals surface area contributed by atoms with Crippen LogP contribution in [0.5, 0.6) is 0 Å². The van der Waals surface area contributed by atoms with Gasteiger partial charge in [-0.3, -0.25) is 9.59 Å². The smallest absolute Gasteiger partial charge is 0.307 e. The number of carboxylic acid groups (broad SMARTS) is 2. The summed E-state index contributed by atoms with van der Waals surface area (Å²) >= 11 is 1.47. The molecule has 0 radical (unpaired) electrons. The topological polar surface area (TPSA) is 74.6 Å². The maximum atomic E-state index is 10.7. The molecule has 2 N–H and O–H groups in total. The lowest BCUT2D eigenvalue weighted by Gasteiger charge is -2.07. The first-order valence-electron chi connectivity index (χ1n) is 4.05. The van der Waals surface area contributed by atoms with Crippen molar-refractivity contribution in [3.8, 4) is 0 Å². The van der Waals surface area contributed by atoms with Crippen LogP contribution in [0.25, 0.3) is 0 Å². The van der Waals surface area contributed by atoms with Gasteiger partial charge in [0.2, 0.25) is 0 Å². The minimum atomic E-state index is -1.08. The van der Waals surface area contributed by atoms with Crippen molar-refractivity contribution in [2.24, 2.45) is 5.92 Å². The molecule has 1 heterocycles. The molecular formula is C9H10O4S. The van der Waals surface area contributed by atoms with Crippen molar-refractivity contribution in [1.82, 2.24) is 0 Å². The van der Waals surface area contributed by atoms with E-state index in [2.05, 4.69) is 0 Å². The van der Waals surface area contributed by atoms with Gasteiger partial charge in [-0.1, -0.05) is 0 Å². The number of hydrogen-bond acceptors (Lipinski definition) is 3. The number of carboxylic acids is 2. The Morgan fingerprint density at radius 2 is 2.14 bits per heavy atom. The molecule has 1 atom stereocenters. The van der Waals surface area contributed by atoms with Crippen LogP contribution >= 0.6 is 11.3 Å². The Kier molecular flexibility index (Phi) is 3.64. The van der Waals surface area contributed by atoms with Crippen molar-refractivity contribution in [3.05, 3.63) is 22.4 Å². The third-order valence-electron chi connectivity index (χ3n) is 1.83. The second-order valence-corrected chi connectivity index (χ2v) is 3.75. The van der Waals surface area contributed by atoms with Gasteiger partial charge in [0, 0.05) is 0 Å². The van der Waals surface area contributed by atoms with Gasteiger partial charge in [-0.25, -0.2) is 0 Å². The maximum Gasteiger partial charge on any atom is 0.307 e. The Labute approximate surface area is 84.8 Å². The molecule has 0 aliphatic rings. The number of aliphatic carboxylic acids is 2. The summed E-state index contributed by atoms with van der Waals surface area (Å²) in [5.41, 5.74) is 0.878. The molecule has 0 aromatic carbocycles. The van der Waals surface area contributed by atoms with Gasteiger partial charge >= 0.3 is 11.9 Å². The minimum Gasteiger partial charge on any atom is -0.481 e. The number of rotatable bonds is 5. The van der Waals surface area contributed by atoms with Gasteiger partial charge < -0.3 is 10.2 Å². The predicted molar refractivity (Wildman–Crippen MR) is 51.4 cm³/mol. The van der Waals surface area contributed by atoms with Crippen LogP contribution in [0.3, 0.4) is 0 Å². The van der Waals surface area contributed by atoms with Gasteiger partial charge in [-0.15, -0.1) is 0 Å². The van der Waals surface area contributed by atoms with Gasteiger partial charge in [0.25, 0.3) is 0 Å². The Balaban J connectivity index is 2.60. The molecule has 76 valence electrons. The summed E-state index contributed by atoms with van der Waals surface area (Å²) in [6.07, 6.45) is -0.0453. The third kappa shape index (κ3) is 3.18. The Morgan fingerprint density at radius 1 is 1.43 bits per heavy atom. The first kappa shape index (κ1) is 10.7. The Hall–Kier alpha value is -1.36. The van der Waals surface area contributed by atoms with E-state index in [0.29, 0.717) is 0 Å². The number of hydrogen-bond donors (Lipinski definition) is 2. The second-order valence-electron chi connectivity index (χ2n) is 2.97. The van der Waals surface area contributed by atoms with Crippen molar-refractivity contribution in [2.75, 3.05) is 0 Å². The highest BCUT2D eigenvalue weighted by atomic mass is 32.1. The standard InChI is InChI=1S/C9H10O4S/c10-8(11)4-7(9(12)13)3-6-1-2-14-5-6/h1-2,5,7H,3-4H2,(H,10,11)(H,12,13)/t7-/m1/s1. The molecule has 0 aliphatic carbocycles. The normalized spacial score (nSPS) is 12.3. The molecule has 14 heavy (non-hydrogen) atoms. The average molecular weight is 214 g/mol. The molecule has 1 aromatic heterocycles. The highest BCUT2D eigenvalue weighted by molar-refractivity contribution is 7.07. The van der Waals surface area contributed by atoms with Gasteiger partial charge in [0.1, 0.15) is 0 Å². The lowest BCUT2D eigenvalue weighted by molar-refractivity contribution is -0.148. The molecule has 0 spiro atoms. The fraction of sp³-hybridized carbons (Fsp3) is 0.333. The van der Waals surface area contributed by atoms with E-state index in [0.717, 1.165) is 5.56 Å². The van der Waals surface area contributed by atoms with E-state index in [1.807, 2.05) is 16.8 Å². The van der Waals surface area contributed by atoms with E-state index < -0.39 is 17.9 Å². The number of carbonyl (C=O) groups is 2. The summed E-state index contributed by atoms with van der Waals surface area (Å²) in [4.78, 5) is 21.1. The SMILES string of the molecule is O=C(O)C[C@@H](Cc1ccsc1)C(=O)O. The van der Waals surface area contributed by atoms with Crippen molar-refractivity contribution in [2.45, 2.75) is 12.8 Å². The summed E-state index contributed by atoms with van der Waals surface area (Å²) in [5.74, 6) is -2.96. The van der Waals surface area contributed by atoms with Gasteiger partial charge in [-0.2, -0.15) is 11.3 Å². The third-order valence-corrected chi connectivity index (χ3v) is 2.56. The van der Waals surface area contributed by atoms with Gasteiger partial charge in [-0.05, 0) is 28.8 Å². The largest absolute Gasteiger partial charge is 0.481 e. The van der Waals surface area contributed by atoms with Crippen LogP contribution in [-0.4, -0.2) is 22.2 Å². The predicted octanol–water partition coefficient (Wildman–Crippen LogP) is 1.47. The summed E-state index contributed by atoms with van der Waals surface area (Å²) in [7, 11) is 0. The van der Waals surface area contributed by atoms with E-state index in [1.54, 1.807) is 0 Å². The quantitative estimate of drug-likeness (QED) is 0.778. The van der Waals surface area contributed by atoms with Crippen LogP contribution in [-0.2, 0) is 16.0 Å². The minimum absolute atomic E-state index is 0.283. The van der Waals surface area contributed by atoms with Crippen LogP contribution < -0.4 is 0 Å². The zero-order valence-electron chi connectivity index (χ0n) is 7.34. The molecule has 0 amide bonds. The molecule has 4 nitrogen and oxygen atoms in total. The highest BCUT2D eigenvalue weighted by Crippen LogP contribution is 2.15. The molecule has 0 bridgehead atoms. The van der Waals surface area contributed by atoms with Crippen LogP contribution in [0.15, 0.2) is 16.8 Å². The van der Waals surface area contributed by atoms with E-state index in [4.69, 9.17) is 10.2 Å². The summed E-state index contributed by atoms with van der Waals surface area (Å²) < 4.78 is 0. The van der Waals surface area contributed by atoms with Crippen LogP contribution in [0, 0.1) is 5.92 Å². The number of thiophene rings is 1. The second kappa shape index (κ2) is 4.76. The average Bonchev–Trinajstić information content (AvgIpc) is 2.54. The molecule has 0 saturated heterocycles. The molecule has 5 heteroatoms. The van der Waals surface area contributed by atoms with Crippen LogP contribution in [0.1, 0.15) is 12.0 Å². The molecule has 0 fully saturated rings. The molecule has 0 unspecified atom stereocenters. The highest BCUT2D eigenvalue weighted by Gasteiger charge is 2.21. The van der Waals surface area contributed by atoms with E-state index in [1.165, 1.54) is 11.3 Å². The zero-order valence-corrected chi connectivity index (χ0v) is 8.16. The van der Waals surface area contributed by atoms with E-state index in [-0.39, 0.29) is 12.8 Å². The monoisotopic (exact) mass is 214 g/mol.